The van der Waals surface area contributed by atoms with Crippen molar-refractivity contribution < 1.29 is 9.53 Å². The molecule has 1 saturated carbocycles. The Kier molecular flexibility index (Phi) is 7.45. The van der Waals surface area contributed by atoms with Crippen LogP contribution in [0.3, 0.4) is 0 Å². The van der Waals surface area contributed by atoms with Gasteiger partial charge in [0.2, 0.25) is 0 Å². The largest absolute Gasteiger partial charge is 0.365 e. The third kappa shape index (κ3) is 4.58. The molecule has 5 heteroatoms. The van der Waals surface area contributed by atoms with Crippen molar-refractivity contribution >= 4 is 5.91 Å². The third-order valence-corrected chi connectivity index (χ3v) is 7.55. The van der Waals surface area contributed by atoms with Crippen LogP contribution in [0.1, 0.15) is 64.0 Å². The molecule has 1 amide bonds. The number of carbonyl (C=O) groups is 1. The molecule has 4 rings (SSSR count). The van der Waals surface area contributed by atoms with Crippen LogP contribution in [0.25, 0.3) is 0 Å². The van der Waals surface area contributed by atoms with E-state index in [9.17, 15) is 4.79 Å². The number of carbonyl (C=O) groups excluding carboxylic acids is 1. The number of piperazine rings is 1. The minimum atomic E-state index is -0.388. The first-order valence-corrected chi connectivity index (χ1v) is 12.2. The van der Waals surface area contributed by atoms with Crippen molar-refractivity contribution in [3.05, 3.63) is 35.9 Å². The summed E-state index contributed by atoms with van der Waals surface area (Å²) in [5.41, 5.74) is 1.22. The monoisotopic (exact) mass is 413 g/mol. The van der Waals surface area contributed by atoms with E-state index < -0.39 is 0 Å². The highest BCUT2D eigenvalue weighted by Crippen LogP contribution is 2.37. The van der Waals surface area contributed by atoms with Crippen molar-refractivity contribution in [3.8, 4) is 0 Å². The molecule has 0 radical (unpaired) electrons. The zero-order valence-electron chi connectivity index (χ0n) is 18.8. The number of benzene rings is 1. The predicted molar refractivity (Wildman–Crippen MR) is 120 cm³/mol. The van der Waals surface area contributed by atoms with E-state index in [4.69, 9.17) is 4.74 Å². The van der Waals surface area contributed by atoms with Gasteiger partial charge in [-0.2, -0.15) is 0 Å². The van der Waals surface area contributed by atoms with E-state index in [0.717, 1.165) is 32.7 Å². The summed E-state index contributed by atoms with van der Waals surface area (Å²) in [7, 11) is 0. The van der Waals surface area contributed by atoms with Gasteiger partial charge in [-0.1, -0.05) is 57.0 Å². The Morgan fingerprint density at radius 2 is 1.67 bits per heavy atom. The molecule has 1 aromatic rings. The second kappa shape index (κ2) is 10.3. The van der Waals surface area contributed by atoms with E-state index in [1.165, 1.54) is 44.1 Å². The van der Waals surface area contributed by atoms with E-state index in [0.29, 0.717) is 18.7 Å². The SMILES string of the molecule is CCC(CC)N1CCN(C(=O)[C@@H]2OCCN(C3CCCC3)[C@H]2c2ccccc2)CC1. The van der Waals surface area contributed by atoms with Crippen molar-refractivity contribution in [1.82, 2.24) is 14.7 Å². The maximum atomic E-state index is 13.7. The van der Waals surface area contributed by atoms with E-state index in [1.807, 2.05) is 0 Å². The molecule has 0 spiro atoms. The molecule has 1 aliphatic carbocycles. The lowest BCUT2D eigenvalue weighted by Crippen LogP contribution is -2.58. The summed E-state index contributed by atoms with van der Waals surface area (Å²) in [6.07, 6.45) is 7.09. The Hall–Kier alpha value is -1.43. The minimum Gasteiger partial charge on any atom is -0.365 e. The van der Waals surface area contributed by atoms with Gasteiger partial charge in [0.1, 0.15) is 0 Å². The van der Waals surface area contributed by atoms with Crippen LogP contribution >= 0.6 is 0 Å². The second-order valence-corrected chi connectivity index (χ2v) is 9.15. The number of hydrogen-bond donors (Lipinski definition) is 0. The molecule has 0 unspecified atom stereocenters. The van der Waals surface area contributed by atoms with E-state index in [-0.39, 0.29) is 18.1 Å². The number of ether oxygens (including phenoxy) is 1. The average molecular weight is 414 g/mol. The fourth-order valence-corrected chi connectivity index (χ4v) is 5.85. The third-order valence-electron chi connectivity index (χ3n) is 7.55. The molecule has 5 nitrogen and oxygen atoms in total. The first-order chi connectivity index (χ1) is 14.7. The quantitative estimate of drug-likeness (QED) is 0.712. The van der Waals surface area contributed by atoms with Gasteiger partial charge in [-0.15, -0.1) is 0 Å². The summed E-state index contributed by atoms with van der Waals surface area (Å²) in [5, 5.41) is 0. The van der Waals surface area contributed by atoms with E-state index in [2.05, 4.69) is 58.9 Å². The van der Waals surface area contributed by atoms with Gasteiger partial charge >= 0.3 is 0 Å². The molecule has 2 heterocycles. The van der Waals surface area contributed by atoms with Crippen molar-refractivity contribution in [2.75, 3.05) is 39.3 Å². The Labute approximate surface area is 182 Å². The first-order valence-electron chi connectivity index (χ1n) is 12.2. The Balaban J connectivity index is 1.50. The molecule has 166 valence electrons. The zero-order valence-corrected chi connectivity index (χ0v) is 18.8. The van der Waals surface area contributed by atoms with Crippen LogP contribution in [0, 0.1) is 0 Å². The summed E-state index contributed by atoms with van der Waals surface area (Å²) in [6, 6.07) is 11.8. The molecule has 30 heavy (non-hydrogen) atoms. The van der Waals surface area contributed by atoms with Crippen LogP contribution in [-0.4, -0.2) is 78.1 Å². The highest BCUT2D eigenvalue weighted by molar-refractivity contribution is 5.82. The topological polar surface area (TPSA) is 36.0 Å². The minimum absolute atomic E-state index is 0.0348. The maximum Gasteiger partial charge on any atom is 0.253 e. The molecule has 1 aromatic carbocycles. The molecule has 0 N–H and O–H groups in total. The molecule has 0 bridgehead atoms. The summed E-state index contributed by atoms with van der Waals surface area (Å²) in [4.78, 5) is 20.9. The van der Waals surface area contributed by atoms with Gasteiger partial charge in [0, 0.05) is 44.8 Å². The molecule has 0 aromatic heterocycles. The highest BCUT2D eigenvalue weighted by atomic mass is 16.5. The van der Waals surface area contributed by atoms with E-state index >= 15 is 0 Å². The van der Waals surface area contributed by atoms with Gasteiger partial charge in [-0.05, 0) is 31.2 Å². The fraction of sp³-hybridized carbons (Fsp3) is 0.720. The lowest BCUT2D eigenvalue weighted by molar-refractivity contribution is -0.161. The fourth-order valence-electron chi connectivity index (χ4n) is 5.85. The number of nitrogens with zero attached hydrogens (tertiary/aromatic N) is 3. The van der Waals surface area contributed by atoms with Crippen LogP contribution in [0.15, 0.2) is 30.3 Å². The van der Waals surface area contributed by atoms with Crippen molar-refractivity contribution in [2.45, 2.75) is 76.6 Å². The van der Waals surface area contributed by atoms with Crippen LogP contribution in [0.5, 0.6) is 0 Å². The van der Waals surface area contributed by atoms with Gasteiger partial charge < -0.3 is 9.64 Å². The standard InChI is InChI=1S/C25H39N3O2/c1-3-21(4-2)26-14-16-27(17-15-26)25(29)24-23(20-10-6-5-7-11-20)28(18-19-30-24)22-12-8-9-13-22/h5-7,10-11,21-24H,3-4,8-9,12-19H2,1-2H3/t23-,24+/m0/s1. The van der Waals surface area contributed by atoms with Crippen LogP contribution in [0.2, 0.25) is 0 Å². The summed E-state index contributed by atoms with van der Waals surface area (Å²) in [6.45, 7) is 9.72. The molecule has 2 aliphatic heterocycles. The van der Waals surface area contributed by atoms with Crippen LogP contribution < -0.4 is 0 Å². The summed E-state index contributed by atoms with van der Waals surface area (Å²) >= 11 is 0. The van der Waals surface area contributed by atoms with E-state index in [1.54, 1.807) is 0 Å². The van der Waals surface area contributed by atoms with Crippen molar-refractivity contribution in [3.63, 3.8) is 0 Å². The maximum absolute atomic E-state index is 13.7. The lowest BCUT2D eigenvalue weighted by atomic mass is 9.94. The molecule has 3 fully saturated rings. The normalized spacial score (nSPS) is 27.1. The molecule has 2 saturated heterocycles. The summed E-state index contributed by atoms with van der Waals surface area (Å²) < 4.78 is 6.22. The van der Waals surface area contributed by atoms with Gasteiger partial charge in [-0.3, -0.25) is 14.6 Å². The zero-order chi connectivity index (χ0) is 20.9. The van der Waals surface area contributed by atoms with Gasteiger partial charge in [-0.25, -0.2) is 0 Å². The van der Waals surface area contributed by atoms with Gasteiger partial charge in [0.15, 0.2) is 6.10 Å². The molecular weight excluding hydrogens is 374 g/mol. The smallest absolute Gasteiger partial charge is 0.253 e. The van der Waals surface area contributed by atoms with Gasteiger partial charge in [0.05, 0.1) is 12.6 Å². The van der Waals surface area contributed by atoms with Crippen molar-refractivity contribution in [2.24, 2.45) is 0 Å². The van der Waals surface area contributed by atoms with Crippen LogP contribution in [0.4, 0.5) is 0 Å². The molecule has 2 atom stereocenters. The second-order valence-electron chi connectivity index (χ2n) is 9.15. The Morgan fingerprint density at radius 3 is 2.30 bits per heavy atom. The van der Waals surface area contributed by atoms with Crippen molar-refractivity contribution in [1.29, 1.82) is 0 Å². The average Bonchev–Trinajstić information content (AvgIpc) is 3.35. The molecular formula is C25H39N3O2. The van der Waals surface area contributed by atoms with Gasteiger partial charge in [0.25, 0.3) is 5.91 Å². The highest BCUT2D eigenvalue weighted by Gasteiger charge is 2.43. The summed E-state index contributed by atoms with van der Waals surface area (Å²) in [5.74, 6) is 0.191. The Morgan fingerprint density at radius 1 is 1.00 bits per heavy atom. The Bertz CT molecular complexity index is 664. The van der Waals surface area contributed by atoms with Crippen LogP contribution in [-0.2, 0) is 9.53 Å². The predicted octanol–water partition coefficient (Wildman–Crippen LogP) is 3.70. The number of amides is 1. The molecule has 3 aliphatic rings. The number of hydrogen-bond acceptors (Lipinski definition) is 4. The number of morpholine rings is 1. The lowest BCUT2D eigenvalue weighted by Gasteiger charge is -2.46. The first kappa shape index (κ1) is 21.8. The number of rotatable bonds is 6.